The Labute approximate surface area is 134 Å². The predicted octanol–water partition coefficient (Wildman–Crippen LogP) is 4.31. The minimum Gasteiger partial charge on any atom is -0.454 e. The van der Waals surface area contributed by atoms with E-state index in [1.165, 1.54) is 31.2 Å². The highest BCUT2D eigenvalue weighted by Gasteiger charge is 2.33. The van der Waals surface area contributed by atoms with Crippen LogP contribution in [-0.4, -0.2) is 13.3 Å². The molecule has 0 aromatic heterocycles. The van der Waals surface area contributed by atoms with E-state index in [2.05, 4.69) is 32.9 Å². The van der Waals surface area contributed by atoms with E-state index in [4.69, 9.17) is 15.2 Å². The summed E-state index contributed by atoms with van der Waals surface area (Å²) < 4.78 is 10.9. The van der Waals surface area contributed by atoms with Crippen molar-refractivity contribution in [1.29, 1.82) is 0 Å². The molecule has 0 radical (unpaired) electrons. The van der Waals surface area contributed by atoms with Crippen LogP contribution in [0.4, 0.5) is 0 Å². The Morgan fingerprint density at radius 1 is 1.09 bits per heavy atom. The Morgan fingerprint density at radius 2 is 1.77 bits per heavy atom. The predicted molar refractivity (Wildman–Crippen MR) is 89.3 cm³/mol. The summed E-state index contributed by atoms with van der Waals surface area (Å²) in [4.78, 5) is 0. The van der Waals surface area contributed by atoms with Crippen molar-refractivity contribution in [3.63, 3.8) is 0 Å². The van der Waals surface area contributed by atoms with Gasteiger partial charge in [0.1, 0.15) is 0 Å². The summed E-state index contributed by atoms with van der Waals surface area (Å²) >= 11 is 0. The van der Waals surface area contributed by atoms with Gasteiger partial charge in [-0.05, 0) is 73.1 Å². The third-order valence-electron chi connectivity index (χ3n) is 5.64. The zero-order valence-corrected chi connectivity index (χ0v) is 14.1. The normalized spacial score (nSPS) is 26.0. The molecule has 3 nitrogen and oxygen atoms in total. The smallest absolute Gasteiger partial charge is 0.231 e. The largest absolute Gasteiger partial charge is 0.454 e. The summed E-state index contributed by atoms with van der Waals surface area (Å²) in [5.74, 6) is 3.72. The maximum absolute atomic E-state index is 6.13. The van der Waals surface area contributed by atoms with Crippen LogP contribution in [0.15, 0.2) is 18.2 Å². The Morgan fingerprint density at radius 3 is 2.41 bits per heavy atom. The average Bonchev–Trinajstić information content (AvgIpc) is 2.95. The van der Waals surface area contributed by atoms with Gasteiger partial charge in [-0.25, -0.2) is 0 Å². The first-order valence-corrected chi connectivity index (χ1v) is 8.58. The van der Waals surface area contributed by atoms with Crippen LogP contribution >= 0.6 is 0 Å². The summed E-state index contributed by atoms with van der Waals surface area (Å²) in [5.41, 5.74) is 7.87. The van der Waals surface area contributed by atoms with E-state index in [0.717, 1.165) is 17.4 Å². The number of hydrogen-bond donors (Lipinski definition) is 1. The molecular formula is C19H29NO2. The van der Waals surface area contributed by atoms with E-state index in [1.54, 1.807) is 0 Å². The first kappa shape index (κ1) is 15.7. The Bertz CT molecular complexity index is 513. The second-order valence-corrected chi connectivity index (χ2v) is 7.93. The van der Waals surface area contributed by atoms with Crippen LogP contribution in [0.5, 0.6) is 11.5 Å². The molecule has 2 aliphatic rings. The fourth-order valence-corrected chi connectivity index (χ4v) is 4.13. The molecule has 0 bridgehead atoms. The van der Waals surface area contributed by atoms with Crippen LogP contribution in [0.3, 0.4) is 0 Å². The molecule has 1 fully saturated rings. The lowest BCUT2D eigenvalue weighted by Gasteiger charge is -2.39. The van der Waals surface area contributed by atoms with E-state index in [-0.39, 0.29) is 0 Å². The number of benzene rings is 1. The molecule has 1 aliphatic carbocycles. The van der Waals surface area contributed by atoms with Crippen LogP contribution in [0.1, 0.15) is 57.9 Å². The monoisotopic (exact) mass is 303 g/mol. The number of hydrogen-bond acceptors (Lipinski definition) is 3. The molecule has 1 aliphatic heterocycles. The van der Waals surface area contributed by atoms with Gasteiger partial charge < -0.3 is 15.2 Å². The molecule has 22 heavy (non-hydrogen) atoms. The van der Waals surface area contributed by atoms with Crippen LogP contribution in [0.2, 0.25) is 0 Å². The molecule has 0 spiro atoms. The summed E-state index contributed by atoms with van der Waals surface area (Å²) in [6.45, 7) is 8.16. The van der Waals surface area contributed by atoms with Crippen LogP contribution in [0, 0.1) is 17.3 Å². The first-order chi connectivity index (χ1) is 10.5. The fourth-order valence-electron chi connectivity index (χ4n) is 4.13. The zero-order valence-electron chi connectivity index (χ0n) is 14.1. The molecule has 2 N–H and O–H groups in total. The third-order valence-corrected chi connectivity index (χ3v) is 5.64. The maximum Gasteiger partial charge on any atom is 0.231 e. The van der Waals surface area contributed by atoms with E-state index in [9.17, 15) is 0 Å². The van der Waals surface area contributed by atoms with Gasteiger partial charge in [0.25, 0.3) is 0 Å². The van der Waals surface area contributed by atoms with Crippen molar-refractivity contribution in [3.05, 3.63) is 23.8 Å². The van der Waals surface area contributed by atoms with Gasteiger partial charge in [0, 0.05) is 0 Å². The number of nitrogens with two attached hydrogens (primary N) is 1. The lowest BCUT2D eigenvalue weighted by molar-refractivity contribution is 0.140. The number of ether oxygens (including phenoxy) is 2. The SMILES string of the molecule is CC(C)(C)C1CCC(C(CN)c2ccc3c(c2)OCO3)CC1. The second kappa shape index (κ2) is 6.11. The molecule has 1 atom stereocenters. The molecule has 0 saturated heterocycles. The molecule has 122 valence electrons. The van der Waals surface area contributed by atoms with Gasteiger partial charge in [-0.1, -0.05) is 26.8 Å². The minimum absolute atomic E-state index is 0.336. The van der Waals surface area contributed by atoms with Gasteiger partial charge >= 0.3 is 0 Å². The molecule has 1 heterocycles. The highest BCUT2D eigenvalue weighted by molar-refractivity contribution is 5.45. The quantitative estimate of drug-likeness (QED) is 0.905. The van der Waals surface area contributed by atoms with Crippen LogP contribution in [-0.2, 0) is 0 Å². The highest BCUT2D eigenvalue weighted by Crippen LogP contribution is 2.45. The van der Waals surface area contributed by atoms with Crippen LogP contribution in [0.25, 0.3) is 0 Å². The van der Waals surface area contributed by atoms with Gasteiger partial charge in [0.05, 0.1) is 0 Å². The van der Waals surface area contributed by atoms with Crippen molar-refractivity contribution in [3.8, 4) is 11.5 Å². The first-order valence-electron chi connectivity index (χ1n) is 8.58. The molecule has 0 amide bonds. The van der Waals surface area contributed by atoms with Gasteiger partial charge in [0.2, 0.25) is 6.79 Å². The molecule has 3 heteroatoms. The molecule has 1 saturated carbocycles. The third kappa shape index (κ3) is 3.10. The average molecular weight is 303 g/mol. The van der Waals surface area contributed by atoms with Gasteiger partial charge in [0.15, 0.2) is 11.5 Å². The molecule has 1 unspecified atom stereocenters. The lowest BCUT2D eigenvalue weighted by atomic mass is 9.66. The van der Waals surface area contributed by atoms with Crippen molar-refractivity contribution < 1.29 is 9.47 Å². The van der Waals surface area contributed by atoms with Crippen molar-refractivity contribution >= 4 is 0 Å². The van der Waals surface area contributed by atoms with E-state index in [0.29, 0.717) is 30.6 Å². The highest BCUT2D eigenvalue weighted by atomic mass is 16.7. The fraction of sp³-hybridized carbons (Fsp3) is 0.684. The Kier molecular flexibility index (Phi) is 4.35. The maximum atomic E-state index is 6.13. The van der Waals surface area contributed by atoms with Crippen molar-refractivity contribution in [2.45, 2.75) is 52.4 Å². The second-order valence-electron chi connectivity index (χ2n) is 7.93. The molecule has 1 aromatic rings. The topological polar surface area (TPSA) is 44.5 Å². The van der Waals surface area contributed by atoms with Gasteiger partial charge in [-0.3, -0.25) is 0 Å². The summed E-state index contributed by atoms with van der Waals surface area (Å²) in [5, 5.41) is 0. The lowest BCUT2D eigenvalue weighted by Crippen LogP contribution is -2.30. The van der Waals surface area contributed by atoms with Crippen LogP contribution < -0.4 is 15.2 Å². The summed E-state index contributed by atoms with van der Waals surface area (Å²) in [6, 6.07) is 6.33. The Hall–Kier alpha value is -1.22. The standard InChI is InChI=1S/C19H29NO2/c1-19(2,3)15-7-4-13(5-8-15)16(11-20)14-6-9-17-18(10-14)22-12-21-17/h6,9-10,13,15-16H,4-5,7-8,11-12,20H2,1-3H3. The van der Waals surface area contributed by atoms with Gasteiger partial charge in [-0.2, -0.15) is 0 Å². The van der Waals surface area contributed by atoms with E-state index >= 15 is 0 Å². The zero-order chi connectivity index (χ0) is 15.7. The molecule has 1 aromatic carbocycles. The molecule has 3 rings (SSSR count). The van der Waals surface area contributed by atoms with E-state index < -0.39 is 0 Å². The van der Waals surface area contributed by atoms with Crippen molar-refractivity contribution in [2.75, 3.05) is 13.3 Å². The number of rotatable bonds is 3. The van der Waals surface area contributed by atoms with Gasteiger partial charge in [-0.15, -0.1) is 0 Å². The van der Waals surface area contributed by atoms with E-state index in [1.807, 2.05) is 6.07 Å². The number of fused-ring (bicyclic) bond motifs is 1. The van der Waals surface area contributed by atoms with Crippen molar-refractivity contribution in [2.24, 2.45) is 23.0 Å². The summed E-state index contributed by atoms with van der Waals surface area (Å²) in [7, 11) is 0. The molecular weight excluding hydrogens is 274 g/mol. The minimum atomic E-state index is 0.336. The summed E-state index contributed by atoms with van der Waals surface area (Å²) in [6.07, 6.45) is 5.24. The Balaban J connectivity index is 1.70. The van der Waals surface area contributed by atoms with Crippen molar-refractivity contribution in [1.82, 2.24) is 0 Å².